The SMILES string of the molecule is CCCCCCCCCC(=O)Nc1ccc(N2CCN(c3ccccc3OC)CC2)c(C(=O)NCCCOC)c1. The molecule has 0 atom stereocenters. The van der Waals surface area contributed by atoms with Gasteiger partial charge in [-0.05, 0) is 43.2 Å². The Bertz CT molecular complexity index is 1050. The van der Waals surface area contributed by atoms with E-state index in [9.17, 15) is 9.59 Å². The summed E-state index contributed by atoms with van der Waals surface area (Å²) in [4.78, 5) is 30.5. The monoisotopic (exact) mass is 552 g/mol. The molecule has 2 N–H and O–H groups in total. The zero-order chi connectivity index (χ0) is 28.6. The summed E-state index contributed by atoms with van der Waals surface area (Å²) in [5.74, 6) is 0.725. The van der Waals surface area contributed by atoms with Gasteiger partial charge in [-0.25, -0.2) is 0 Å². The number of piperazine rings is 1. The van der Waals surface area contributed by atoms with Crippen molar-refractivity contribution in [3.8, 4) is 5.75 Å². The van der Waals surface area contributed by atoms with E-state index >= 15 is 0 Å². The van der Waals surface area contributed by atoms with Crippen LogP contribution in [0.4, 0.5) is 17.1 Å². The second-order valence-electron chi connectivity index (χ2n) is 10.4. The molecular formula is C32H48N4O4. The van der Waals surface area contributed by atoms with Gasteiger partial charge in [-0.15, -0.1) is 0 Å². The molecule has 2 aromatic rings. The van der Waals surface area contributed by atoms with Gasteiger partial charge in [-0.3, -0.25) is 9.59 Å². The Morgan fingerprint density at radius 1 is 0.825 bits per heavy atom. The third kappa shape index (κ3) is 9.73. The van der Waals surface area contributed by atoms with Crippen LogP contribution in [0.2, 0.25) is 0 Å². The van der Waals surface area contributed by atoms with Crippen LogP contribution in [0.15, 0.2) is 42.5 Å². The van der Waals surface area contributed by atoms with Gasteiger partial charge >= 0.3 is 0 Å². The molecule has 220 valence electrons. The number of para-hydroxylation sites is 2. The molecule has 0 aliphatic carbocycles. The van der Waals surface area contributed by atoms with Gasteiger partial charge in [-0.2, -0.15) is 0 Å². The Hall–Kier alpha value is -3.26. The molecule has 8 heteroatoms. The Morgan fingerprint density at radius 2 is 1.50 bits per heavy atom. The molecule has 0 spiro atoms. The molecule has 0 bridgehead atoms. The normalized spacial score (nSPS) is 13.3. The minimum absolute atomic E-state index is 0.00168. The molecule has 0 aromatic heterocycles. The Labute approximate surface area is 240 Å². The maximum Gasteiger partial charge on any atom is 0.253 e. The molecule has 0 unspecified atom stereocenters. The molecule has 2 aromatic carbocycles. The second-order valence-corrected chi connectivity index (χ2v) is 10.4. The quantitative estimate of drug-likeness (QED) is 0.239. The fourth-order valence-electron chi connectivity index (χ4n) is 5.13. The number of hydrogen-bond donors (Lipinski definition) is 2. The molecule has 3 rings (SSSR count). The third-order valence-corrected chi connectivity index (χ3v) is 7.39. The van der Waals surface area contributed by atoms with Crippen molar-refractivity contribution < 1.29 is 19.1 Å². The largest absolute Gasteiger partial charge is 0.495 e. The first-order valence-electron chi connectivity index (χ1n) is 14.9. The number of rotatable bonds is 17. The zero-order valence-electron chi connectivity index (χ0n) is 24.7. The fourth-order valence-corrected chi connectivity index (χ4v) is 5.13. The molecule has 1 heterocycles. The standard InChI is InChI=1S/C32H48N4O4/c1-4-5-6-7-8-9-10-16-31(37)34-26-17-18-28(27(25-26)32(38)33-19-13-24-39-2)35-20-22-36(23-21-35)29-14-11-12-15-30(29)40-3/h11-12,14-15,17-18,25H,4-10,13,16,19-24H2,1-3H3,(H,33,38)(H,34,37). The van der Waals surface area contributed by atoms with Gasteiger partial charge in [-0.1, -0.05) is 57.6 Å². The van der Waals surface area contributed by atoms with Crippen molar-refractivity contribution in [3.05, 3.63) is 48.0 Å². The minimum atomic E-state index is -0.138. The van der Waals surface area contributed by atoms with E-state index in [-0.39, 0.29) is 11.8 Å². The van der Waals surface area contributed by atoms with Crippen molar-refractivity contribution >= 4 is 28.9 Å². The number of nitrogens with one attached hydrogen (secondary N) is 2. The second kappa shape index (κ2) is 17.4. The number of methoxy groups -OCH3 is 2. The highest BCUT2D eigenvalue weighted by Crippen LogP contribution is 2.31. The molecular weight excluding hydrogens is 504 g/mol. The average molecular weight is 553 g/mol. The molecule has 0 saturated carbocycles. The average Bonchev–Trinajstić information content (AvgIpc) is 2.99. The fraction of sp³-hybridized carbons (Fsp3) is 0.562. The first kappa shape index (κ1) is 31.3. The van der Waals surface area contributed by atoms with E-state index in [1.54, 1.807) is 14.2 Å². The summed E-state index contributed by atoms with van der Waals surface area (Å²) in [7, 11) is 3.35. The molecule has 1 fully saturated rings. The van der Waals surface area contributed by atoms with E-state index < -0.39 is 0 Å². The lowest BCUT2D eigenvalue weighted by atomic mass is 10.1. The number of carbonyl (C=O) groups is 2. The summed E-state index contributed by atoms with van der Waals surface area (Å²) in [6.45, 7) is 6.50. The maximum atomic E-state index is 13.3. The van der Waals surface area contributed by atoms with Crippen molar-refractivity contribution in [2.45, 2.75) is 64.7 Å². The Balaban J connectivity index is 1.64. The van der Waals surface area contributed by atoms with Gasteiger partial charge in [0.15, 0.2) is 0 Å². The van der Waals surface area contributed by atoms with Crippen LogP contribution in [0, 0.1) is 0 Å². The first-order valence-corrected chi connectivity index (χ1v) is 14.9. The van der Waals surface area contributed by atoms with Gasteiger partial charge < -0.3 is 29.9 Å². The topological polar surface area (TPSA) is 83.1 Å². The van der Waals surface area contributed by atoms with Crippen molar-refractivity contribution in [1.82, 2.24) is 5.32 Å². The molecule has 0 radical (unpaired) electrons. The van der Waals surface area contributed by atoms with Gasteiger partial charge in [0.25, 0.3) is 5.91 Å². The summed E-state index contributed by atoms with van der Waals surface area (Å²) < 4.78 is 10.7. The van der Waals surface area contributed by atoms with E-state index in [0.29, 0.717) is 30.8 Å². The molecule has 1 saturated heterocycles. The van der Waals surface area contributed by atoms with Crippen LogP contribution in [-0.4, -0.2) is 65.4 Å². The van der Waals surface area contributed by atoms with Crippen LogP contribution < -0.4 is 25.2 Å². The van der Waals surface area contributed by atoms with Crippen LogP contribution >= 0.6 is 0 Å². The van der Waals surface area contributed by atoms with E-state index in [1.807, 2.05) is 36.4 Å². The highest BCUT2D eigenvalue weighted by Gasteiger charge is 2.23. The maximum absolute atomic E-state index is 13.3. The zero-order valence-corrected chi connectivity index (χ0v) is 24.7. The highest BCUT2D eigenvalue weighted by atomic mass is 16.5. The van der Waals surface area contributed by atoms with Crippen LogP contribution in [0.25, 0.3) is 0 Å². The number of anilines is 3. The van der Waals surface area contributed by atoms with Crippen LogP contribution in [0.5, 0.6) is 5.75 Å². The summed E-state index contributed by atoms with van der Waals surface area (Å²) in [6, 6.07) is 13.8. The van der Waals surface area contributed by atoms with Crippen LogP contribution in [0.3, 0.4) is 0 Å². The molecule has 8 nitrogen and oxygen atoms in total. The number of ether oxygens (including phenoxy) is 2. The number of nitrogens with zero attached hydrogens (tertiary/aromatic N) is 2. The lowest BCUT2D eigenvalue weighted by Crippen LogP contribution is -2.47. The van der Waals surface area contributed by atoms with E-state index in [2.05, 4.69) is 33.4 Å². The van der Waals surface area contributed by atoms with Gasteiger partial charge in [0.05, 0.1) is 18.4 Å². The van der Waals surface area contributed by atoms with Crippen LogP contribution in [0.1, 0.15) is 75.1 Å². The molecule has 1 aliphatic rings. The predicted molar refractivity (Wildman–Crippen MR) is 164 cm³/mol. The lowest BCUT2D eigenvalue weighted by molar-refractivity contribution is -0.116. The summed E-state index contributed by atoms with van der Waals surface area (Å²) in [6.07, 6.45) is 9.44. The van der Waals surface area contributed by atoms with Crippen molar-refractivity contribution in [3.63, 3.8) is 0 Å². The number of unbranched alkanes of at least 4 members (excludes halogenated alkanes) is 6. The summed E-state index contributed by atoms with van der Waals surface area (Å²) in [5, 5.41) is 6.04. The van der Waals surface area contributed by atoms with Gasteiger partial charge in [0.2, 0.25) is 5.91 Å². The third-order valence-electron chi connectivity index (χ3n) is 7.39. The number of carbonyl (C=O) groups excluding carboxylic acids is 2. The molecule has 2 amide bonds. The smallest absolute Gasteiger partial charge is 0.253 e. The molecule has 40 heavy (non-hydrogen) atoms. The van der Waals surface area contributed by atoms with Crippen LogP contribution in [-0.2, 0) is 9.53 Å². The predicted octanol–water partition coefficient (Wildman–Crippen LogP) is 5.87. The van der Waals surface area contributed by atoms with Crippen molar-refractivity contribution in [2.75, 3.05) is 68.7 Å². The lowest BCUT2D eigenvalue weighted by Gasteiger charge is -2.38. The van der Waals surface area contributed by atoms with E-state index in [4.69, 9.17) is 9.47 Å². The number of hydrogen-bond acceptors (Lipinski definition) is 6. The minimum Gasteiger partial charge on any atom is -0.495 e. The number of amides is 2. The highest BCUT2D eigenvalue weighted by molar-refractivity contribution is 6.02. The van der Waals surface area contributed by atoms with Gasteiger partial charge in [0, 0.05) is 64.2 Å². The number of benzene rings is 2. The van der Waals surface area contributed by atoms with Gasteiger partial charge in [0.1, 0.15) is 5.75 Å². The van der Waals surface area contributed by atoms with E-state index in [1.165, 1.54) is 32.1 Å². The summed E-state index contributed by atoms with van der Waals surface area (Å²) in [5.41, 5.74) is 3.21. The van der Waals surface area contributed by atoms with E-state index in [0.717, 1.165) is 62.6 Å². The summed E-state index contributed by atoms with van der Waals surface area (Å²) >= 11 is 0. The Morgan fingerprint density at radius 3 is 2.20 bits per heavy atom. The Kier molecular flexibility index (Phi) is 13.6. The van der Waals surface area contributed by atoms with Crippen molar-refractivity contribution in [1.29, 1.82) is 0 Å². The molecule has 1 aliphatic heterocycles. The first-order chi connectivity index (χ1) is 19.6. The van der Waals surface area contributed by atoms with Crippen molar-refractivity contribution in [2.24, 2.45) is 0 Å².